The molecule has 4 rings (SSSR count). The van der Waals surface area contributed by atoms with Crippen molar-refractivity contribution in [3.8, 4) is 11.5 Å². The van der Waals surface area contributed by atoms with E-state index in [1.165, 1.54) is 4.88 Å². The predicted molar refractivity (Wildman–Crippen MR) is 114 cm³/mol. The van der Waals surface area contributed by atoms with Crippen LogP contribution in [0.25, 0.3) is 10.2 Å². The summed E-state index contributed by atoms with van der Waals surface area (Å²) in [5, 5.41) is 1.11. The number of carbonyl (C=O) groups is 1. The summed E-state index contributed by atoms with van der Waals surface area (Å²) in [6, 6.07) is 9.53. The van der Waals surface area contributed by atoms with E-state index in [-0.39, 0.29) is 12.5 Å². The van der Waals surface area contributed by atoms with Gasteiger partial charge in [0.05, 0.1) is 12.5 Å². The van der Waals surface area contributed by atoms with Crippen LogP contribution in [-0.4, -0.2) is 60.7 Å². The topological polar surface area (TPSA) is 67.8 Å². The van der Waals surface area contributed by atoms with Gasteiger partial charge in [-0.25, -0.2) is 9.97 Å². The molecule has 152 valence electrons. The number of hydrogen-bond donors (Lipinski definition) is 0. The molecule has 1 saturated heterocycles. The number of benzene rings is 1. The largest absolute Gasteiger partial charge is 0.493 e. The van der Waals surface area contributed by atoms with Gasteiger partial charge >= 0.3 is 0 Å². The molecule has 1 aliphatic heterocycles. The van der Waals surface area contributed by atoms with Crippen molar-refractivity contribution in [1.29, 1.82) is 0 Å². The second-order valence-electron chi connectivity index (χ2n) is 6.79. The van der Waals surface area contributed by atoms with E-state index in [2.05, 4.69) is 27.9 Å². The van der Waals surface area contributed by atoms with Crippen LogP contribution in [0.15, 0.2) is 36.7 Å². The second-order valence-corrected chi connectivity index (χ2v) is 7.90. The van der Waals surface area contributed by atoms with Gasteiger partial charge in [0.15, 0.2) is 18.1 Å². The Labute approximate surface area is 173 Å². The number of ether oxygens (including phenoxy) is 2. The molecule has 8 heteroatoms. The fraction of sp³-hybridized carbons (Fsp3) is 0.381. The first kappa shape index (κ1) is 19.4. The summed E-state index contributed by atoms with van der Waals surface area (Å²) in [7, 11) is 1.59. The molecular weight excluding hydrogens is 388 g/mol. The first-order valence-corrected chi connectivity index (χ1v) is 10.5. The third-order valence-electron chi connectivity index (χ3n) is 5.06. The number of thiophene rings is 1. The first-order chi connectivity index (χ1) is 14.2. The highest BCUT2D eigenvalue weighted by Gasteiger charge is 2.24. The van der Waals surface area contributed by atoms with Crippen LogP contribution in [0.4, 0.5) is 5.82 Å². The second kappa shape index (κ2) is 8.65. The number of rotatable bonds is 6. The van der Waals surface area contributed by atoms with Crippen molar-refractivity contribution in [2.24, 2.45) is 0 Å². The minimum Gasteiger partial charge on any atom is -0.493 e. The van der Waals surface area contributed by atoms with Crippen LogP contribution in [0, 0.1) is 0 Å². The van der Waals surface area contributed by atoms with Gasteiger partial charge in [-0.15, -0.1) is 11.3 Å². The van der Waals surface area contributed by atoms with Crippen LogP contribution in [0.1, 0.15) is 11.8 Å². The van der Waals surface area contributed by atoms with Crippen LogP contribution >= 0.6 is 11.3 Å². The van der Waals surface area contributed by atoms with Gasteiger partial charge in [0.1, 0.15) is 17.0 Å². The maximum atomic E-state index is 12.6. The average Bonchev–Trinajstić information content (AvgIpc) is 3.21. The number of piperazine rings is 1. The number of methoxy groups -OCH3 is 1. The molecule has 0 aliphatic carbocycles. The van der Waals surface area contributed by atoms with Crippen molar-refractivity contribution < 1.29 is 14.3 Å². The summed E-state index contributed by atoms with van der Waals surface area (Å²) in [5.41, 5.74) is 0. The normalized spacial score (nSPS) is 14.3. The summed E-state index contributed by atoms with van der Waals surface area (Å²) in [6.07, 6.45) is 2.63. The maximum Gasteiger partial charge on any atom is 0.260 e. The zero-order chi connectivity index (χ0) is 20.2. The number of aryl methyl sites for hydroxylation is 1. The van der Waals surface area contributed by atoms with Gasteiger partial charge in [0, 0.05) is 31.1 Å². The van der Waals surface area contributed by atoms with E-state index >= 15 is 0 Å². The van der Waals surface area contributed by atoms with E-state index in [9.17, 15) is 4.79 Å². The van der Waals surface area contributed by atoms with Crippen LogP contribution in [0.3, 0.4) is 0 Å². The molecule has 29 heavy (non-hydrogen) atoms. The van der Waals surface area contributed by atoms with Gasteiger partial charge in [-0.3, -0.25) is 4.79 Å². The van der Waals surface area contributed by atoms with Crippen molar-refractivity contribution >= 4 is 33.3 Å². The highest BCUT2D eigenvalue weighted by Crippen LogP contribution is 2.31. The number of aromatic nitrogens is 2. The lowest BCUT2D eigenvalue weighted by Gasteiger charge is -2.35. The van der Waals surface area contributed by atoms with Crippen molar-refractivity contribution in [3.63, 3.8) is 0 Å². The molecule has 1 amide bonds. The highest BCUT2D eigenvalue weighted by molar-refractivity contribution is 7.18. The monoisotopic (exact) mass is 412 g/mol. The van der Waals surface area contributed by atoms with Crippen molar-refractivity contribution in [2.45, 2.75) is 13.3 Å². The van der Waals surface area contributed by atoms with Gasteiger partial charge in [0.25, 0.3) is 5.91 Å². The average molecular weight is 413 g/mol. The lowest BCUT2D eigenvalue weighted by atomic mass is 10.2. The summed E-state index contributed by atoms with van der Waals surface area (Å²) in [6.45, 7) is 4.92. The van der Waals surface area contributed by atoms with Crippen molar-refractivity contribution in [2.75, 3.05) is 44.8 Å². The molecule has 0 N–H and O–H groups in total. The molecule has 1 aliphatic rings. The summed E-state index contributed by atoms with van der Waals surface area (Å²) in [5.74, 6) is 2.14. The Hall–Kier alpha value is -2.87. The molecule has 0 atom stereocenters. The van der Waals surface area contributed by atoms with E-state index in [0.29, 0.717) is 24.6 Å². The van der Waals surface area contributed by atoms with Gasteiger partial charge in [-0.2, -0.15) is 0 Å². The first-order valence-electron chi connectivity index (χ1n) is 9.71. The maximum absolute atomic E-state index is 12.6. The van der Waals surface area contributed by atoms with E-state index < -0.39 is 0 Å². The Morgan fingerprint density at radius 3 is 2.62 bits per heavy atom. The molecule has 0 bridgehead atoms. The number of anilines is 1. The zero-order valence-electron chi connectivity index (χ0n) is 16.6. The molecule has 3 aromatic rings. The van der Waals surface area contributed by atoms with Crippen LogP contribution < -0.4 is 14.4 Å². The summed E-state index contributed by atoms with van der Waals surface area (Å²) in [4.78, 5) is 27.9. The summed E-state index contributed by atoms with van der Waals surface area (Å²) >= 11 is 1.72. The molecule has 0 saturated carbocycles. The lowest BCUT2D eigenvalue weighted by Crippen LogP contribution is -2.50. The third kappa shape index (κ3) is 4.12. The van der Waals surface area contributed by atoms with Gasteiger partial charge < -0.3 is 19.3 Å². The number of para-hydroxylation sites is 2. The fourth-order valence-electron chi connectivity index (χ4n) is 3.46. The molecule has 7 nitrogen and oxygen atoms in total. The van der Waals surface area contributed by atoms with E-state index in [1.54, 1.807) is 30.8 Å². The Morgan fingerprint density at radius 2 is 1.90 bits per heavy atom. The van der Waals surface area contributed by atoms with Gasteiger partial charge in [-0.1, -0.05) is 19.1 Å². The molecule has 0 spiro atoms. The van der Waals surface area contributed by atoms with E-state index in [4.69, 9.17) is 9.47 Å². The molecule has 0 radical (unpaired) electrons. The minimum atomic E-state index is -0.0211. The lowest BCUT2D eigenvalue weighted by molar-refractivity contribution is -0.133. The van der Waals surface area contributed by atoms with E-state index in [0.717, 1.165) is 35.5 Å². The number of nitrogens with zero attached hydrogens (tertiary/aromatic N) is 4. The van der Waals surface area contributed by atoms with Crippen molar-refractivity contribution in [1.82, 2.24) is 14.9 Å². The minimum absolute atomic E-state index is 0.00250. The van der Waals surface area contributed by atoms with Crippen LogP contribution in [-0.2, 0) is 11.2 Å². The van der Waals surface area contributed by atoms with E-state index in [1.807, 2.05) is 23.1 Å². The molecule has 3 heterocycles. The Morgan fingerprint density at radius 1 is 1.14 bits per heavy atom. The Kier molecular flexibility index (Phi) is 5.80. The number of amides is 1. The molecular formula is C21H24N4O3S. The Balaban J connectivity index is 1.37. The molecule has 2 aromatic heterocycles. The van der Waals surface area contributed by atoms with Gasteiger partial charge in [0.2, 0.25) is 0 Å². The zero-order valence-corrected chi connectivity index (χ0v) is 17.4. The molecule has 0 unspecified atom stereocenters. The quantitative estimate of drug-likeness (QED) is 0.620. The third-order valence-corrected chi connectivity index (χ3v) is 6.25. The van der Waals surface area contributed by atoms with Crippen LogP contribution in [0.5, 0.6) is 11.5 Å². The Bertz CT molecular complexity index is 999. The summed E-state index contributed by atoms with van der Waals surface area (Å²) < 4.78 is 10.9. The molecule has 1 aromatic carbocycles. The number of carbonyl (C=O) groups excluding carboxylic acids is 1. The standard InChI is InChI=1S/C21H24N4O3S/c1-3-15-12-16-20(22-14-23-21(16)29-15)25-10-8-24(9-11-25)19(26)13-28-18-7-5-4-6-17(18)27-2/h4-7,12,14H,3,8-11,13H2,1-2H3. The smallest absolute Gasteiger partial charge is 0.260 e. The number of fused-ring (bicyclic) bond motifs is 1. The molecule has 1 fully saturated rings. The highest BCUT2D eigenvalue weighted by atomic mass is 32.1. The number of hydrogen-bond acceptors (Lipinski definition) is 7. The predicted octanol–water partition coefficient (Wildman–Crippen LogP) is 2.99. The SMILES string of the molecule is CCc1cc2c(N3CCN(C(=O)COc4ccccc4OC)CC3)ncnc2s1. The van der Waals surface area contributed by atoms with Crippen LogP contribution in [0.2, 0.25) is 0 Å². The fourth-order valence-corrected chi connectivity index (χ4v) is 4.39. The van der Waals surface area contributed by atoms with Crippen molar-refractivity contribution in [3.05, 3.63) is 41.5 Å². The van der Waals surface area contributed by atoms with Gasteiger partial charge in [-0.05, 0) is 24.6 Å².